The molecule has 0 N–H and O–H groups in total. The number of hydrogen-bond donors (Lipinski definition) is 0. The Labute approximate surface area is 154 Å². The van der Waals surface area contributed by atoms with E-state index in [2.05, 4.69) is 15.9 Å². The Morgan fingerprint density at radius 3 is 2.52 bits per heavy atom. The Morgan fingerprint density at radius 1 is 1.04 bits per heavy atom. The van der Waals surface area contributed by atoms with Crippen molar-refractivity contribution in [2.75, 3.05) is 19.0 Å². The first-order valence-electron chi connectivity index (χ1n) is 8.13. The van der Waals surface area contributed by atoms with E-state index >= 15 is 0 Å². The van der Waals surface area contributed by atoms with Crippen LogP contribution in [0.25, 0.3) is 22.3 Å². The largest absolute Gasteiger partial charge is 0.497 e. The topological polar surface area (TPSA) is 48.7 Å². The fraction of sp³-hybridized carbons (Fsp3) is 0.250. The molecule has 0 bridgehead atoms. The van der Waals surface area contributed by atoms with Gasteiger partial charge in [-0.1, -0.05) is 28.1 Å². The van der Waals surface area contributed by atoms with Gasteiger partial charge in [0.05, 0.1) is 19.1 Å². The van der Waals surface area contributed by atoms with Gasteiger partial charge in [-0.15, -0.1) is 0 Å². The number of ether oxygens (including phenoxy) is 2. The molecule has 3 rings (SSSR count). The molecule has 0 unspecified atom stereocenters. The molecule has 1 aromatic heterocycles. The van der Waals surface area contributed by atoms with Crippen LogP contribution < -0.4 is 14.9 Å². The van der Waals surface area contributed by atoms with Crippen LogP contribution in [0.3, 0.4) is 0 Å². The lowest BCUT2D eigenvalue weighted by Crippen LogP contribution is -2.11. The quantitative estimate of drug-likeness (QED) is 0.411. The van der Waals surface area contributed by atoms with E-state index < -0.39 is 0 Å². The van der Waals surface area contributed by atoms with E-state index in [0.29, 0.717) is 23.3 Å². The molecule has 0 spiro atoms. The summed E-state index contributed by atoms with van der Waals surface area (Å²) in [7, 11) is 1.61. The fourth-order valence-electron chi connectivity index (χ4n) is 2.56. The molecule has 130 valence electrons. The van der Waals surface area contributed by atoms with Crippen LogP contribution in [-0.4, -0.2) is 19.0 Å². The Balaban J connectivity index is 2.08. The minimum atomic E-state index is -0.147. The van der Waals surface area contributed by atoms with Crippen LogP contribution in [0.5, 0.6) is 11.5 Å². The van der Waals surface area contributed by atoms with Crippen molar-refractivity contribution in [3.8, 4) is 22.8 Å². The molecule has 4 nitrogen and oxygen atoms in total. The maximum absolute atomic E-state index is 12.9. The van der Waals surface area contributed by atoms with Crippen LogP contribution in [0, 0.1) is 0 Å². The molecular weight excluding hydrogens is 384 g/mol. The van der Waals surface area contributed by atoms with Crippen molar-refractivity contribution in [1.82, 2.24) is 0 Å². The van der Waals surface area contributed by atoms with E-state index in [1.807, 2.05) is 36.4 Å². The van der Waals surface area contributed by atoms with Gasteiger partial charge in [0.15, 0.2) is 5.76 Å². The zero-order chi connectivity index (χ0) is 17.6. The minimum absolute atomic E-state index is 0.147. The first-order chi connectivity index (χ1) is 12.2. The van der Waals surface area contributed by atoms with Crippen LogP contribution in [-0.2, 0) is 0 Å². The van der Waals surface area contributed by atoms with E-state index in [4.69, 9.17) is 13.9 Å². The van der Waals surface area contributed by atoms with Crippen molar-refractivity contribution in [2.24, 2.45) is 0 Å². The van der Waals surface area contributed by atoms with Crippen molar-refractivity contribution in [3.05, 3.63) is 58.8 Å². The summed E-state index contributed by atoms with van der Waals surface area (Å²) in [5.41, 5.74) is 1.18. The van der Waals surface area contributed by atoms with Gasteiger partial charge < -0.3 is 13.9 Å². The molecule has 0 saturated heterocycles. The summed E-state index contributed by atoms with van der Waals surface area (Å²) in [6.45, 7) is 0.470. The normalized spacial score (nSPS) is 10.8. The van der Waals surface area contributed by atoms with E-state index in [1.54, 1.807) is 19.2 Å². The maximum atomic E-state index is 12.9. The first kappa shape index (κ1) is 17.5. The number of fused-ring (bicyclic) bond motifs is 1. The van der Waals surface area contributed by atoms with Crippen molar-refractivity contribution < 1.29 is 13.9 Å². The summed E-state index contributed by atoms with van der Waals surface area (Å²) < 4.78 is 17.0. The molecule has 25 heavy (non-hydrogen) atoms. The number of methoxy groups -OCH3 is 1. The number of rotatable bonds is 7. The number of alkyl halides is 1. The van der Waals surface area contributed by atoms with Gasteiger partial charge in [0.2, 0.25) is 11.2 Å². The lowest BCUT2D eigenvalue weighted by molar-refractivity contribution is 0.302. The first-order valence-corrected chi connectivity index (χ1v) is 9.25. The monoisotopic (exact) mass is 402 g/mol. The number of unbranched alkanes of at least 4 members (excludes halogenated alkanes) is 1. The maximum Gasteiger partial charge on any atom is 0.235 e. The fourth-order valence-corrected chi connectivity index (χ4v) is 2.96. The molecule has 0 aliphatic heterocycles. The lowest BCUT2D eigenvalue weighted by atomic mass is 10.1. The standard InChI is InChI=1S/C20H19BrO4/c1-23-15-10-8-14(9-11-15)19-20(24-13-5-4-12-21)18(22)16-6-2-3-7-17(16)25-19/h2-3,6-11H,4-5,12-13H2,1H3. The highest BCUT2D eigenvalue weighted by molar-refractivity contribution is 9.09. The van der Waals surface area contributed by atoms with Gasteiger partial charge in [0.1, 0.15) is 11.3 Å². The summed E-state index contributed by atoms with van der Waals surface area (Å²) in [4.78, 5) is 12.9. The van der Waals surface area contributed by atoms with Gasteiger partial charge in [-0.3, -0.25) is 4.79 Å². The molecule has 2 aromatic carbocycles. The molecule has 3 aromatic rings. The number of halogens is 1. The summed E-state index contributed by atoms with van der Waals surface area (Å²) in [6.07, 6.45) is 1.84. The second kappa shape index (κ2) is 8.21. The third kappa shape index (κ3) is 3.87. The number of para-hydroxylation sites is 1. The predicted molar refractivity (Wildman–Crippen MR) is 103 cm³/mol. The summed E-state index contributed by atoms with van der Waals surface area (Å²) in [6, 6.07) is 14.6. The van der Waals surface area contributed by atoms with Gasteiger partial charge in [-0.25, -0.2) is 0 Å². The van der Waals surface area contributed by atoms with Crippen LogP contribution in [0.1, 0.15) is 12.8 Å². The van der Waals surface area contributed by atoms with E-state index in [1.165, 1.54) is 0 Å². The zero-order valence-electron chi connectivity index (χ0n) is 14.0. The third-order valence-electron chi connectivity index (χ3n) is 3.88. The zero-order valence-corrected chi connectivity index (χ0v) is 15.5. The van der Waals surface area contributed by atoms with Crippen molar-refractivity contribution >= 4 is 26.9 Å². The molecule has 0 aliphatic rings. The Hall–Kier alpha value is -2.27. The lowest BCUT2D eigenvalue weighted by Gasteiger charge is -2.12. The predicted octanol–water partition coefficient (Wildman–Crippen LogP) is 5.02. The van der Waals surface area contributed by atoms with E-state index in [-0.39, 0.29) is 11.2 Å². The molecule has 0 radical (unpaired) electrons. The van der Waals surface area contributed by atoms with Crippen LogP contribution in [0.2, 0.25) is 0 Å². The van der Waals surface area contributed by atoms with Crippen LogP contribution in [0.4, 0.5) is 0 Å². The molecular formula is C20H19BrO4. The van der Waals surface area contributed by atoms with Crippen molar-refractivity contribution in [3.63, 3.8) is 0 Å². The van der Waals surface area contributed by atoms with Gasteiger partial charge in [-0.2, -0.15) is 0 Å². The summed E-state index contributed by atoms with van der Waals surface area (Å²) >= 11 is 3.40. The minimum Gasteiger partial charge on any atom is -0.497 e. The van der Waals surface area contributed by atoms with Gasteiger partial charge in [0, 0.05) is 10.9 Å². The average molecular weight is 403 g/mol. The molecule has 0 saturated carbocycles. The second-order valence-corrected chi connectivity index (χ2v) is 6.35. The summed E-state index contributed by atoms with van der Waals surface area (Å²) in [5.74, 6) is 1.45. The Kier molecular flexibility index (Phi) is 5.76. The average Bonchev–Trinajstić information content (AvgIpc) is 2.66. The third-order valence-corrected chi connectivity index (χ3v) is 4.44. The highest BCUT2D eigenvalue weighted by Crippen LogP contribution is 2.32. The van der Waals surface area contributed by atoms with Crippen LogP contribution in [0.15, 0.2) is 57.7 Å². The molecule has 0 amide bonds. The molecule has 0 aliphatic carbocycles. The number of benzene rings is 2. The molecule has 1 heterocycles. The van der Waals surface area contributed by atoms with Crippen molar-refractivity contribution in [2.45, 2.75) is 12.8 Å². The van der Waals surface area contributed by atoms with Gasteiger partial charge in [-0.05, 0) is 49.2 Å². The van der Waals surface area contributed by atoms with Gasteiger partial charge >= 0.3 is 0 Å². The highest BCUT2D eigenvalue weighted by Gasteiger charge is 2.17. The second-order valence-electron chi connectivity index (χ2n) is 5.56. The molecule has 5 heteroatoms. The SMILES string of the molecule is COc1ccc(-c2oc3ccccc3c(=O)c2OCCCCBr)cc1. The Morgan fingerprint density at radius 2 is 1.80 bits per heavy atom. The van der Waals surface area contributed by atoms with Crippen LogP contribution >= 0.6 is 15.9 Å². The van der Waals surface area contributed by atoms with Gasteiger partial charge in [0.25, 0.3) is 0 Å². The van der Waals surface area contributed by atoms with E-state index in [0.717, 1.165) is 29.5 Å². The smallest absolute Gasteiger partial charge is 0.235 e. The molecule has 0 atom stereocenters. The molecule has 0 fully saturated rings. The van der Waals surface area contributed by atoms with Crippen molar-refractivity contribution in [1.29, 1.82) is 0 Å². The summed E-state index contributed by atoms with van der Waals surface area (Å²) in [5, 5.41) is 1.43. The highest BCUT2D eigenvalue weighted by atomic mass is 79.9. The number of hydrogen-bond acceptors (Lipinski definition) is 4. The van der Waals surface area contributed by atoms with E-state index in [9.17, 15) is 4.79 Å². The Bertz CT molecular complexity index is 900.